The van der Waals surface area contributed by atoms with Gasteiger partial charge in [-0.25, -0.2) is 9.37 Å². The zero-order chi connectivity index (χ0) is 22.7. The number of hydrogen-bond donors (Lipinski definition) is 0. The van der Waals surface area contributed by atoms with Gasteiger partial charge in [0.25, 0.3) is 5.91 Å². The molecule has 2 aromatic carbocycles. The first-order chi connectivity index (χ1) is 15.3. The average Bonchev–Trinajstić information content (AvgIpc) is 3.39. The van der Waals surface area contributed by atoms with Gasteiger partial charge in [-0.3, -0.25) is 9.69 Å². The maximum absolute atomic E-state index is 13.8. The summed E-state index contributed by atoms with van der Waals surface area (Å²) in [7, 11) is 0. The lowest BCUT2D eigenvalue weighted by molar-refractivity contribution is -0.274. The number of alkyl halides is 3. The Balaban J connectivity index is 1.56. The van der Waals surface area contributed by atoms with E-state index in [9.17, 15) is 22.4 Å². The maximum atomic E-state index is 13.8. The number of carbonyl (C=O) groups excluding carboxylic acids is 1. The van der Waals surface area contributed by atoms with E-state index in [1.54, 1.807) is 6.07 Å². The number of carbonyl (C=O) groups is 1. The number of aromatic nitrogens is 1. The zero-order valence-electron chi connectivity index (χ0n) is 16.6. The minimum Gasteiger partial charge on any atom is -0.481 e. The van der Waals surface area contributed by atoms with Crippen LogP contribution in [-0.4, -0.2) is 43.1 Å². The monoisotopic (exact) mass is 470 g/mol. The molecule has 1 atom stereocenters. The van der Waals surface area contributed by atoms with Crippen LogP contribution in [0, 0.1) is 5.82 Å². The Kier molecular flexibility index (Phi) is 6.47. The Morgan fingerprint density at radius 2 is 2.06 bits per heavy atom. The van der Waals surface area contributed by atoms with Crippen LogP contribution in [0.1, 0.15) is 12.8 Å². The lowest BCUT2D eigenvalue weighted by Gasteiger charge is -2.23. The fraction of sp³-hybridized carbons (Fsp3) is 0.333. The minimum absolute atomic E-state index is 0.0591. The van der Waals surface area contributed by atoms with Gasteiger partial charge < -0.3 is 14.2 Å². The number of benzene rings is 2. The maximum Gasteiger partial charge on any atom is 0.573 e. The topological polar surface area (TPSA) is 60.9 Å². The van der Waals surface area contributed by atoms with Gasteiger partial charge in [-0.15, -0.1) is 13.2 Å². The van der Waals surface area contributed by atoms with Gasteiger partial charge in [0.05, 0.1) is 22.9 Å². The number of para-hydroxylation sites is 1. The predicted octanol–water partition coefficient (Wildman–Crippen LogP) is 4.93. The molecule has 1 aromatic heterocycles. The van der Waals surface area contributed by atoms with Crippen molar-refractivity contribution in [1.82, 2.24) is 4.98 Å². The van der Waals surface area contributed by atoms with E-state index in [1.165, 1.54) is 35.2 Å². The Labute approximate surface area is 184 Å². The quantitative estimate of drug-likeness (QED) is 0.459. The van der Waals surface area contributed by atoms with Crippen LogP contribution in [0.4, 0.5) is 22.7 Å². The molecule has 4 rings (SSSR count). The number of amides is 1. The molecule has 32 heavy (non-hydrogen) atoms. The number of fused-ring (bicyclic) bond motifs is 1. The van der Waals surface area contributed by atoms with Crippen LogP contribution in [0.2, 0.25) is 0 Å². The van der Waals surface area contributed by atoms with Gasteiger partial charge in [0, 0.05) is 12.7 Å². The third-order valence-electron chi connectivity index (χ3n) is 4.71. The summed E-state index contributed by atoms with van der Waals surface area (Å²) >= 11 is 1.04. The summed E-state index contributed by atoms with van der Waals surface area (Å²) < 4.78 is 66.7. The Morgan fingerprint density at radius 3 is 2.78 bits per heavy atom. The molecule has 1 fully saturated rings. The molecular formula is C21H18F4N2O4S. The van der Waals surface area contributed by atoms with E-state index in [2.05, 4.69) is 9.72 Å². The van der Waals surface area contributed by atoms with Gasteiger partial charge in [-0.1, -0.05) is 23.5 Å². The van der Waals surface area contributed by atoms with Crippen LogP contribution in [0.25, 0.3) is 10.2 Å². The normalized spacial score (nSPS) is 16.3. The Bertz CT molecular complexity index is 1100. The summed E-state index contributed by atoms with van der Waals surface area (Å²) in [5.74, 6) is -1.51. The SMILES string of the molecule is O=C(COc1ccccc1F)N(CC1CCCO1)c1nc2ccc(OC(F)(F)F)cc2s1. The van der Waals surface area contributed by atoms with Crippen molar-refractivity contribution >= 4 is 32.6 Å². The van der Waals surface area contributed by atoms with Crippen molar-refractivity contribution < 1.29 is 36.6 Å². The molecular weight excluding hydrogens is 452 g/mol. The van der Waals surface area contributed by atoms with Crippen molar-refractivity contribution in [2.45, 2.75) is 25.3 Å². The fourth-order valence-electron chi connectivity index (χ4n) is 3.26. The van der Waals surface area contributed by atoms with Gasteiger partial charge >= 0.3 is 6.36 Å². The molecule has 2 heterocycles. The molecule has 1 amide bonds. The third kappa shape index (κ3) is 5.46. The summed E-state index contributed by atoms with van der Waals surface area (Å²) in [4.78, 5) is 18.7. The Morgan fingerprint density at radius 1 is 1.25 bits per heavy atom. The molecule has 1 aliphatic heterocycles. The number of hydrogen-bond acceptors (Lipinski definition) is 6. The van der Waals surface area contributed by atoms with Crippen LogP contribution in [-0.2, 0) is 9.53 Å². The number of halogens is 4. The van der Waals surface area contributed by atoms with Crippen LogP contribution in [0.15, 0.2) is 42.5 Å². The first kappa shape index (κ1) is 22.3. The molecule has 1 saturated heterocycles. The first-order valence-corrected chi connectivity index (χ1v) is 10.6. The second-order valence-electron chi connectivity index (χ2n) is 7.03. The number of rotatable bonds is 7. The number of nitrogens with zero attached hydrogens (tertiary/aromatic N) is 2. The second kappa shape index (κ2) is 9.29. The summed E-state index contributed by atoms with van der Waals surface area (Å²) in [5, 5.41) is 0.279. The molecule has 1 unspecified atom stereocenters. The molecule has 11 heteroatoms. The summed E-state index contributed by atoms with van der Waals surface area (Å²) in [6.45, 7) is 0.341. The Hall–Kier alpha value is -2.92. The van der Waals surface area contributed by atoms with Gasteiger partial charge in [0.2, 0.25) is 0 Å². The molecule has 3 aromatic rings. The summed E-state index contributed by atoms with van der Waals surface area (Å²) in [6.07, 6.45) is -3.40. The van der Waals surface area contributed by atoms with Crippen LogP contribution < -0.4 is 14.4 Å². The van der Waals surface area contributed by atoms with E-state index in [0.29, 0.717) is 16.8 Å². The highest BCUT2D eigenvalue weighted by atomic mass is 32.1. The number of anilines is 1. The van der Waals surface area contributed by atoms with Gasteiger partial charge in [-0.2, -0.15) is 0 Å². The van der Waals surface area contributed by atoms with Crippen molar-refractivity contribution in [2.24, 2.45) is 0 Å². The largest absolute Gasteiger partial charge is 0.573 e. The third-order valence-corrected chi connectivity index (χ3v) is 5.75. The molecule has 0 spiro atoms. The highest BCUT2D eigenvalue weighted by Gasteiger charge is 2.31. The van der Waals surface area contributed by atoms with E-state index in [4.69, 9.17) is 9.47 Å². The molecule has 1 aliphatic rings. The number of ether oxygens (including phenoxy) is 3. The lowest BCUT2D eigenvalue weighted by atomic mass is 10.2. The van der Waals surface area contributed by atoms with Crippen LogP contribution in [0.3, 0.4) is 0 Å². The second-order valence-corrected chi connectivity index (χ2v) is 8.04. The van der Waals surface area contributed by atoms with Crippen molar-refractivity contribution in [3.63, 3.8) is 0 Å². The minimum atomic E-state index is -4.81. The molecule has 0 saturated carbocycles. The lowest BCUT2D eigenvalue weighted by Crippen LogP contribution is -2.40. The molecule has 170 valence electrons. The van der Waals surface area contributed by atoms with E-state index in [0.717, 1.165) is 30.2 Å². The highest BCUT2D eigenvalue weighted by molar-refractivity contribution is 7.22. The van der Waals surface area contributed by atoms with Crippen molar-refractivity contribution in [2.75, 3.05) is 24.7 Å². The van der Waals surface area contributed by atoms with Crippen LogP contribution >= 0.6 is 11.3 Å². The molecule has 0 aliphatic carbocycles. The van der Waals surface area contributed by atoms with E-state index in [1.807, 2.05) is 0 Å². The molecule has 0 N–H and O–H groups in total. The average molecular weight is 470 g/mol. The van der Waals surface area contributed by atoms with Crippen molar-refractivity contribution in [3.8, 4) is 11.5 Å². The smallest absolute Gasteiger partial charge is 0.481 e. The van der Waals surface area contributed by atoms with Crippen molar-refractivity contribution in [1.29, 1.82) is 0 Å². The number of thiazole rings is 1. The highest BCUT2D eigenvalue weighted by Crippen LogP contribution is 2.34. The standard InChI is InChI=1S/C21H18F4N2O4S/c22-15-5-1-2-6-17(15)30-12-19(28)27(11-14-4-3-9-29-14)20-26-16-8-7-13(10-18(16)32-20)31-21(23,24)25/h1-2,5-8,10,14H,3-4,9,11-12H2. The van der Waals surface area contributed by atoms with E-state index < -0.39 is 24.7 Å². The summed E-state index contributed by atoms with van der Waals surface area (Å²) in [6, 6.07) is 9.49. The zero-order valence-corrected chi connectivity index (χ0v) is 17.4. The molecule has 0 bridgehead atoms. The first-order valence-electron chi connectivity index (χ1n) is 9.74. The van der Waals surface area contributed by atoms with E-state index in [-0.39, 0.29) is 29.3 Å². The van der Waals surface area contributed by atoms with E-state index >= 15 is 0 Å². The molecule has 6 nitrogen and oxygen atoms in total. The summed E-state index contributed by atoms with van der Waals surface area (Å²) in [5.41, 5.74) is 0.416. The fourth-order valence-corrected chi connectivity index (χ4v) is 4.28. The van der Waals surface area contributed by atoms with Gasteiger partial charge in [0.15, 0.2) is 23.3 Å². The van der Waals surface area contributed by atoms with Gasteiger partial charge in [0.1, 0.15) is 5.75 Å². The molecule has 0 radical (unpaired) electrons. The predicted molar refractivity (Wildman–Crippen MR) is 110 cm³/mol. The van der Waals surface area contributed by atoms with Crippen molar-refractivity contribution in [3.05, 3.63) is 48.3 Å². The van der Waals surface area contributed by atoms with Crippen LogP contribution in [0.5, 0.6) is 11.5 Å². The van der Waals surface area contributed by atoms with Gasteiger partial charge in [-0.05, 0) is 37.1 Å².